The second kappa shape index (κ2) is 5.91. The van der Waals surface area contributed by atoms with Crippen LogP contribution in [0.25, 0.3) is 0 Å². The van der Waals surface area contributed by atoms with Gasteiger partial charge in [0, 0.05) is 17.7 Å². The Balaban J connectivity index is 1.88. The maximum Gasteiger partial charge on any atom is 0.226 e. The Morgan fingerprint density at radius 3 is 2.76 bits per heavy atom. The van der Waals surface area contributed by atoms with E-state index in [1.807, 2.05) is 18.2 Å². The Morgan fingerprint density at radius 2 is 2.00 bits per heavy atom. The minimum atomic E-state index is -0.312. The van der Waals surface area contributed by atoms with Crippen molar-refractivity contribution in [3.05, 3.63) is 41.4 Å². The first-order chi connectivity index (χ1) is 12.1. The van der Waals surface area contributed by atoms with Crippen molar-refractivity contribution in [2.24, 2.45) is 5.92 Å². The summed E-state index contributed by atoms with van der Waals surface area (Å²) in [6, 6.07) is 5.38. The topological polar surface area (TPSA) is 78.3 Å². The van der Waals surface area contributed by atoms with Gasteiger partial charge in [0.1, 0.15) is 12.4 Å². The number of ketones is 1. The number of allylic oxidation sites excluding steroid dienone is 2. The second-order valence-electron chi connectivity index (χ2n) is 6.50. The third-order valence-corrected chi connectivity index (χ3v) is 4.79. The molecule has 1 aliphatic heterocycles. The van der Waals surface area contributed by atoms with E-state index in [-0.39, 0.29) is 11.8 Å². The lowest BCUT2D eigenvalue weighted by Crippen LogP contribution is -2.33. The van der Waals surface area contributed by atoms with Crippen molar-refractivity contribution in [3.63, 3.8) is 0 Å². The van der Waals surface area contributed by atoms with Crippen molar-refractivity contribution in [1.29, 1.82) is 0 Å². The molecule has 7 nitrogen and oxygen atoms in total. The number of hydrogen-bond donors (Lipinski definition) is 1. The van der Waals surface area contributed by atoms with Crippen molar-refractivity contribution in [1.82, 2.24) is 14.8 Å². The van der Waals surface area contributed by atoms with Crippen LogP contribution in [-0.2, 0) is 4.79 Å². The maximum absolute atomic E-state index is 12.8. The lowest BCUT2D eigenvalue weighted by molar-refractivity contribution is -0.117. The SMILES string of the molecule is COc1ccc([C@@H]2C3=C(C[C@@H](C)CC3=O)Nc3ncnn32)cc1OC. The summed E-state index contributed by atoms with van der Waals surface area (Å²) in [5, 5.41) is 7.62. The third kappa shape index (κ3) is 2.47. The molecule has 1 aromatic heterocycles. The lowest BCUT2D eigenvalue weighted by Gasteiger charge is -2.34. The largest absolute Gasteiger partial charge is 0.493 e. The van der Waals surface area contributed by atoms with Crippen LogP contribution in [0.2, 0.25) is 0 Å². The number of hydrogen-bond acceptors (Lipinski definition) is 6. The van der Waals surface area contributed by atoms with E-state index in [0.29, 0.717) is 29.8 Å². The van der Waals surface area contributed by atoms with Gasteiger partial charge in [-0.25, -0.2) is 4.68 Å². The second-order valence-corrected chi connectivity index (χ2v) is 6.50. The summed E-state index contributed by atoms with van der Waals surface area (Å²) in [7, 11) is 3.20. The quantitative estimate of drug-likeness (QED) is 0.925. The molecule has 2 aliphatic rings. The molecule has 0 saturated heterocycles. The van der Waals surface area contributed by atoms with Crippen LogP contribution in [0.4, 0.5) is 5.95 Å². The van der Waals surface area contributed by atoms with Crippen LogP contribution in [0.5, 0.6) is 11.5 Å². The van der Waals surface area contributed by atoms with Gasteiger partial charge in [0.2, 0.25) is 5.95 Å². The van der Waals surface area contributed by atoms with Crippen molar-refractivity contribution >= 4 is 11.7 Å². The molecule has 1 N–H and O–H groups in total. The molecule has 25 heavy (non-hydrogen) atoms. The molecule has 2 atom stereocenters. The van der Waals surface area contributed by atoms with Crippen molar-refractivity contribution in [2.45, 2.75) is 25.8 Å². The zero-order valence-corrected chi connectivity index (χ0v) is 14.4. The molecule has 0 saturated carbocycles. The molecule has 0 radical (unpaired) electrons. The van der Waals surface area contributed by atoms with E-state index < -0.39 is 0 Å². The van der Waals surface area contributed by atoms with Gasteiger partial charge in [-0.3, -0.25) is 4.79 Å². The number of methoxy groups -OCH3 is 2. The molecule has 4 rings (SSSR count). The standard InChI is InChI=1S/C18H20N4O3/c1-10-6-12-16(13(23)7-10)17(22-18(21-12)19-9-20-22)11-4-5-14(24-2)15(8-11)25-3/h4-5,8-10,17H,6-7H2,1-3H3,(H,19,20,21)/t10-,17-/m1/s1. The zero-order chi connectivity index (χ0) is 17.6. The van der Waals surface area contributed by atoms with Crippen LogP contribution < -0.4 is 14.8 Å². The highest BCUT2D eigenvalue weighted by Crippen LogP contribution is 2.42. The highest BCUT2D eigenvalue weighted by atomic mass is 16.5. The molecule has 1 aromatic carbocycles. The number of benzene rings is 1. The number of nitrogens with zero attached hydrogens (tertiary/aromatic N) is 3. The van der Waals surface area contributed by atoms with Gasteiger partial charge in [0.25, 0.3) is 0 Å². The van der Waals surface area contributed by atoms with Gasteiger partial charge in [-0.1, -0.05) is 13.0 Å². The van der Waals surface area contributed by atoms with Crippen LogP contribution in [0, 0.1) is 5.92 Å². The highest BCUT2D eigenvalue weighted by molar-refractivity contribution is 5.99. The summed E-state index contributed by atoms with van der Waals surface area (Å²) in [6.45, 7) is 2.09. The van der Waals surface area contributed by atoms with E-state index in [2.05, 4.69) is 22.3 Å². The van der Waals surface area contributed by atoms with Crippen LogP contribution in [0.3, 0.4) is 0 Å². The highest BCUT2D eigenvalue weighted by Gasteiger charge is 2.38. The fraction of sp³-hybridized carbons (Fsp3) is 0.389. The molecule has 7 heteroatoms. The number of fused-ring (bicyclic) bond motifs is 1. The van der Waals surface area contributed by atoms with E-state index in [9.17, 15) is 4.79 Å². The Bertz CT molecular complexity index is 871. The molecule has 0 spiro atoms. The van der Waals surface area contributed by atoms with Crippen molar-refractivity contribution < 1.29 is 14.3 Å². The van der Waals surface area contributed by atoms with Crippen LogP contribution >= 0.6 is 0 Å². The van der Waals surface area contributed by atoms with Gasteiger partial charge in [-0.05, 0) is 30.0 Å². The Hall–Kier alpha value is -2.83. The Kier molecular flexibility index (Phi) is 3.71. The van der Waals surface area contributed by atoms with Crippen molar-refractivity contribution in [3.8, 4) is 11.5 Å². The average Bonchev–Trinajstić information content (AvgIpc) is 3.07. The predicted molar refractivity (Wildman–Crippen MR) is 91.8 cm³/mol. The summed E-state index contributed by atoms with van der Waals surface area (Å²) in [5.74, 6) is 2.40. The van der Waals surface area contributed by atoms with E-state index in [4.69, 9.17) is 9.47 Å². The fourth-order valence-electron chi connectivity index (χ4n) is 3.68. The first-order valence-electron chi connectivity index (χ1n) is 8.27. The van der Waals surface area contributed by atoms with Gasteiger partial charge < -0.3 is 14.8 Å². The van der Waals surface area contributed by atoms with Gasteiger partial charge in [0.15, 0.2) is 17.3 Å². The third-order valence-electron chi connectivity index (χ3n) is 4.79. The Morgan fingerprint density at radius 1 is 1.20 bits per heavy atom. The zero-order valence-electron chi connectivity index (χ0n) is 14.4. The van der Waals surface area contributed by atoms with Crippen LogP contribution in [0.1, 0.15) is 31.4 Å². The van der Waals surface area contributed by atoms with E-state index in [1.54, 1.807) is 18.9 Å². The summed E-state index contributed by atoms with van der Waals surface area (Å²) in [5.41, 5.74) is 2.63. The fourth-order valence-corrected chi connectivity index (χ4v) is 3.68. The summed E-state index contributed by atoms with van der Waals surface area (Å²) >= 11 is 0. The minimum Gasteiger partial charge on any atom is -0.493 e. The van der Waals surface area contributed by atoms with Gasteiger partial charge in [0.05, 0.1) is 14.2 Å². The number of anilines is 1. The number of carbonyl (C=O) groups is 1. The number of carbonyl (C=O) groups excluding carboxylic acids is 1. The molecular formula is C18H20N4O3. The number of aromatic nitrogens is 3. The predicted octanol–water partition coefficient (Wildman–Crippen LogP) is 2.56. The van der Waals surface area contributed by atoms with Crippen LogP contribution in [-0.4, -0.2) is 34.8 Å². The van der Waals surface area contributed by atoms with Gasteiger partial charge in [-0.2, -0.15) is 10.1 Å². The maximum atomic E-state index is 12.8. The molecular weight excluding hydrogens is 320 g/mol. The molecule has 0 bridgehead atoms. The molecule has 2 aromatic rings. The molecule has 0 unspecified atom stereocenters. The lowest BCUT2D eigenvalue weighted by atomic mass is 9.81. The van der Waals surface area contributed by atoms with E-state index in [0.717, 1.165) is 23.3 Å². The number of ether oxygens (including phenoxy) is 2. The monoisotopic (exact) mass is 340 g/mol. The summed E-state index contributed by atoms with van der Waals surface area (Å²) in [4.78, 5) is 17.1. The summed E-state index contributed by atoms with van der Waals surface area (Å²) < 4.78 is 12.5. The molecule has 1 aliphatic carbocycles. The smallest absolute Gasteiger partial charge is 0.226 e. The number of nitrogens with one attached hydrogen (secondary N) is 1. The Labute approximate surface area is 145 Å². The average molecular weight is 340 g/mol. The number of rotatable bonds is 3. The van der Waals surface area contributed by atoms with E-state index >= 15 is 0 Å². The molecule has 130 valence electrons. The molecule has 2 heterocycles. The van der Waals surface area contributed by atoms with Gasteiger partial charge >= 0.3 is 0 Å². The number of Topliss-reactive ketones (excluding diaryl/α,β-unsaturated/α-hetero) is 1. The summed E-state index contributed by atoms with van der Waals surface area (Å²) in [6.07, 6.45) is 2.88. The van der Waals surface area contributed by atoms with Crippen LogP contribution in [0.15, 0.2) is 35.8 Å². The normalized spacial score (nSPS) is 22.1. The van der Waals surface area contributed by atoms with E-state index in [1.165, 1.54) is 6.33 Å². The van der Waals surface area contributed by atoms with Gasteiger partial charge in [-0.15, -0.1) is 0 Å². The minimum absolute atomic E-state index is 0.155. The first-order valence-corrected chi connectivity index (χ1v) is 8.27. The molecule has 0 amide bonds. The molecule has 0 fully saturated rings. The van der Waals surface area contributed by atoms with Crippen molar-refractivity contribution in [2.75, 3.05) is 19.5 Å². The first kappa shape index (κ1) is 15.7.